The van der Waals surface area contributed by atoms with Gasteiger partial charge < -0.3 is 0 Å². The largest absolute Gasteiger partial charge is 0.286 e. The lowest BCUT2D eigenvalue weighted by Crippen LogP contribution is -2.27. The fraction of sp³-hybridized carbons (Fsp3) is 0.0769. The molecule has 0 unspecified atom stereocenters. The van der Waals surface area contributed by atoms with Crippen LogP contribution in [0.5, 0.6) is 0 Å². The molecule has 0 spiro atoms. The lowest BCUT2D eigenvalue weighted by Gasteiger charge is -2.16. The van der Waals surface area contributed by atoms with Crippen LogP contribution in [0, 0.1) is 6.92 Å². The van der Waals surface area contributed by atoms with Crippen molar-refractivity contribution < 1.29 is 13.6 Å². The first-order chi connectivity index (χ1) is 8.51. The predicted molar refractivity (Wildman–Crippen MR) is 69.1 cm³/mol. The molecule has 4 nitrogen and oxygen atoms in total. The summed E-state index contributed by atoms with van der Waals surface area (Å²) in [6, 6.07) is 14.4. The molecule has 1 N–H and O–H groups in total. The van der Waals surface area contributed by atoms with Crippen LogP contribution in [0.1, 0.15) is 5.56 Å². The summed E-state index contributed by atoms with van der Waals surface area (Å²) in [5.41, 5.74) is 1.16. The van der Waals surface area contributed by atoms with E-state index in [1.54, 1.807) is 30.3 Å². The summed E-state index contributed by atoms with van der Waals surface area (Å²) in [5.74, 6) is 0. The Morgan fingerprint density at radius 1 is 0.944 bits per heavy atom. The Balaban J connectivity index is 2.40. The van der Waals surface area contributed by atoms with E-state index in [0.29, 0.717) is 0 Å². The maximum Gasteiger partial charge on any atom is 0.286 e. The zero-order chi connectivity index (χ0) is 13.2. The maximum atomic E-state index is 12.1. The van der Waals surface area contributed by atoms with E-state index in [1.807, 2.05) is 6.92 Å². The number of rotatable bonds is 3. The molecule has 0 aliphatic rings. The van der Waals surface area contributed by atoms with Gasteiger partial charge >= 0.3 is 0 Å². The smallest absolute Gasteiger partial charge is 0.274 e. The normalized spacial score (nSPS) is 11.2. The molecule has 0 amide bonds. The van der Waals surface area contributed by atoms with E-state index >= 15 is 0 Å². The monoisotopic (exact) mass is 263 g/mol. The van der Waals surface area contributed by atoms with Crippen molar-refractivity contribution in [3.63, 3.8) is 0 Å². The standard InChI is InChI=1S/C13H13NO3S/c1-11-7-9-13(10-8-11)18(16,17)14(15)12-5-3-2-4-6-12/h2-10,15H,1H3. The highest BCUT2D eigenvalue weighted by Crippen LogP contribution is 2.21. The van der Waals surface area contributed by atoms with Crippen LogP contribution in [-0.4, -0.2) is 13.6 Å². The van der Waals surface area contributed by atoms with Crippen molar-refractivity contribution in [2.75, 3.05) is 4.47 Å². The zero-order valence-electron chi connectivity index (χ0n) is 9.82. The number of sulfonamides is 1. The van der Waals surface area contributed by atoms with E-state index in [-0.39, 0.29) is 15.1 Å². The van der Waals surface area contributed by atoms with Crippen LogP contribution in [0.25, 0.3) is 0 Å². The average molecular weight is 263 g/mol. The highest BCUT2D eigenvalue weighted by atomic mass is 32.2. The molecule has 2 rings (SSSR count). The van der Waals surface area contributed by atoms with Gasteiger partial charge in [-0.05, 0) is 31.2 Å². The predicted octanol–water partition coefficient (Wildman–Crippen LogP) is 2.58. The topological polar surface area (TPSA) is 57.6 Å². The minimum Gasteiger partial charge on any atom is -0.274 e. The molecule has 5 heteroatoms. The van der Waals surface area contributed by atoms with Gasteiger partial charge in [0.25, 0.3) is 10.0 Å². The zero-order valence-corrected chi connectivity index (χ0v) is 10.6. The third-order valence-electron chi connectivity index (χ3n) is 2.52. The first-order valence-corrected chi connectivity index (χ1v) is 6.82. The van der Waals surface area contributed by atoms with Gasteiger partial charge in [-0.15, -0.1) is 4.47 Å². The van der Waals surface area contributed by atoms with E-state index < -0.39 is 10.0 Å². The highest BCUT2D eigenvalue weighted by molar-refractivity contribution is 7.92. The van der Waals surface area contributed by atoms with Crippen LogP contribution in [-0.2, 0) is 10.0 Å². The van der Waals surface area contributed by atoms with Crippen LogP contribution in [0.4, 0.5) is 5.69 Å². The number of benzene rings is 2. The molecular formula is C13H13NO3S. The number of hydrogen-bond acceptors (Lipinski definition) is 3. The van der Waals surface area contributed by atoms with Crippen molar-refractivity contribution in [3.8, 4) is 0 Å². The Morgan fingerprint density at radius 2 is 1.50 bits per heavy atom. The van der Waals surface area contributed by atoms with Gasteiger partial charge in [0.15, 0.2) is 0 Å². The molecule has 0 bridgehead atoms. The van der Waals surface area contributed by atoms with E-state index in [1.165, 1.54) is 24.3 Å². The Morgan fingerprint density at radius 3 is 2.06 bits per heavy atom. The first kappa shape index (κ1) is 12.6. The number of anilines is 1. The van der Waals surface area contributed by atoms with Crippen molar-refractivity contribution >= 4 is 15.7 Å². The lowest BCUT2D eigenvalue weighted by atomic mass is 10.2. The summed E-state index contributed by atoms with van der Waals surface area (Å²) >= 11 is 0. The van der Waals surface area contributed by atoms with Gasteiger partial charge in [0.1, 0.15) is 0 Å². The third-order valence-corrected chi connectivity index (χ3v) is 4.06. The fourth-order valence-electron chi connectivity index (χ4n) is 1.50. The van der Waals surface area contributed by atoms with Gasteiger partial charge in [-0.2, -0.15) is 8.42 Å². The lowest BCUT2D eigenvalue weighted by molar-refractivity contribution is 0.316. The summed E-state index contributed by atoms with van der Waals surface area (Å²) in [6.45, 7) is 1.87. The van der Waals surface area contributed by atoms with Gasteiger partial charge in [-0.25, -0.2) is 0 Å². The Labute approximate surface area is 106 Å². The molecule has 0 aliphatic heterocycles. The van der Waals surface area contributed by atoms with Crippen molar-refractivity contribution in [1.82, 2.24) is 0 Å². The van der Waals surface area contributed by atoms with Gasteiger partial charge in [0.05, 0.1) is 10.6 Å². The summed E-state index contributed by atoms with van der Waals surface area (Å²) in [7, 11) is -3.92. The molecule has 0 saturated heterocycles. The first-order valence-electron chi connectivity index (χ1n) is 5.38. The van der Waals surface area contributed by atoms with Crippen LogP contribution >= 0.6 is 0 Å². The SMILES string of the molecule is Cc1ccc(S(=O)(=O)N(O)c2ccccc2)cc1. The minimum absolute atomic E-state index is 0.0550. The highest BCUT2D eigenvalue weighted by Gasteiger charge is 2.22. The number of para-hydroxylation sites is 1. The van der Waals surface area contributed by atoms with E-state index in [2.05, 4.69) is 0 Å². The van der Waals surface area contributed by atoms with E-state index in [9.17, 15) is 13.6 Å². The second kappa shape index (κ2) is 4.80. The van der Waals surface area contributed by atoms with Crippen LogP contribution < -0.4 is 4.47 Å². The summed E-state index contributed by atoms with van der Waals surface area (Å²) in [6.07, 6.45) is 0. The van der Waals surface area contributed by atoms with Crippen molar-refractivity contribution in [3.05, 3.63) is 60.2 Å². The molecule has 0 radical (unpaired) electrons. The Hall–Kier alpha value is -1.85. The van der Waals surface area contributed by atoms with E-state index in [4.69, 9.17) is 0 Å². The molecule has 0 aliphatic carbocycles. The fourth-order valence-corrected chi connectivity index (χ4v) is 2.58. The molecule has 18 heavy (non-hydrogen) atoms. The molecule has 0 saturated carbocycles. The van der Waals surface area contributed by atoms with Crippen LogP contribution in [0.2, 0.25) is 0 Å². The number of nitrogens with zero attached hydrogens (tertiary/aromatic N) is 1. The van der Waals surface area contributed by atoms with Gasteiger partial charge in [-0.3, -0.25) is 5.21 Å². The molecule has 0 fully saturated rings. The summed E-state index contributed by atoms with van der Waals surface area (Å²) < 4.78 is 24.5. The molecule has 0 heterocycles. The van der Waals surface area contributed by atoms with Crippen molar-refractivity contribution in [2.45, 2.75) is 11.8 Å². The van der Waals surface area contributed by atoms with Crippen LogP contribution in [0.15, 0.2) is 59.5 Å². The summed E-state index contributed by atoms with van der Waals surface area (Å²) in [5, 5.41) is 9.82. The van der Waals surface area contributed by atoms with Crippen molar-refractivity contribution in [2.24, 2.45) is 0 Å². The maximum absolute atomic E-state index is 12.1. The number of aryl methyl sites for hydroxylation is 1. The molecular weight excluding hydrogens is 250 g/mol. The van der Waals surface area contributed by atoms with Gasteiger partial charge in [-0.1, -0.05) is 35.9 Å². The summed E-state index contributed by atoms with van der Waals surface area (Å²) in [4.78, 5) is 0.0550. The molecule has 0 atom stereocenters. The third kappa shape index (κ3) is 2.37. The van der Waals surface area contributed by atoms with Crippen molar-refractivity contribution in [1.29, 1.82) is 0 Å². The second-order valence-electron chi connectivity index (χ2n) is 3.90. The second-order valence-corrected chi connectivity index (χ2v) is 5.66. The molecule has 94 valence electrons. The van der Waals surface area contributed by atoms with E-state index in [0.717, 1.165) is 5.56 Å². The Kier molecular flexibility index (Phi) is 3.36. The average Bonchev–Trinajstić information content (AvgIpc) is 2.39. The van der Waals surface area contributed by atoms with Gasteiger partial charge in [0, 0.05) is 0 Å². The number of hydrogen-bond donors (Lipinski definition) is 1. The molecule has 0 aromatic heterocycles. The van der Waals surface area contributed by atoms with Gasteiger partial charge in [0.2, 0.25) is 0 Å². The van der Waals surface area contributed by atoms with Crippen LogP contribution in [0.3, 0.4) is 0 Å². The molecule has 2 aromatic carbocycles. The Bertz CT molecular complexity index is 621. The quantitative estimate of drug-likeness (QED) is 0.866. The minimum atomic E-state index is -3.92. The molecule has 2 aromatic rings.